The molecule has 8 heteroatoms. The molecule has 114 valence electrons. The number of anilines is 1. The van der Waals surface area contributed by atoms with Crippen molar-refractivity contribution in [1.82, 2.24) is 15.3 Å². The van der Waals surface area contributed by atoms with Gasteiger partial charge in [0.25, 0.3) is 0 Å². The van der Waals surface area contributed by atoms with Crippen molar-refractivity contribution in [2.24, 2.45) is 0 Å². The van der Waals surface area contributed by atoms with E-state index in [2.05, 4.69) is 15.6 Å². The Bertz CT molecular complexity index is 541. The Kier molecular flexibility index (Phi) is 4.61. The molecule has 1 aromatic rings. The number of hydrazine groups is 1. The molecule has 0 aromatic heterocycles. The van der Waals surface area contributed by atoms with Crippen LogP contribution in [0.4, 0.5) is 10.5 Å². The summed E-state index contributed by atoms with van der Waals surface area (Å²) in [5.74, 6) is -1.71. The quantitative estimate of drug-likeness (QED) is 0.601. The minimum Gasteiger partial charge on any atom is -0.505 e. The molecule has 1 aromatic carbocycles. The van der Waals surface area contributed by atoms with E-state index in [9.17, 15) is 14.7 Å². The standard InChI is InChI=1S/C13H18N4O4/c1-16-5-7-17(8-6-16)15-13(21)14-10-4-2-3-9(11(10)18)12(19)20/h2-4,18H,5-8H2,1H3,(H,19,20)(H2,14,15,21). The highest BCUT2D eigenvalue weighted by Crippen LogP contribution is 2.27. The molecule has 1 fully saturated rings. The summed E-state index contributed by atoms with van der Waals surface area (Å²) < 4.78 is 0. The van der Waals surface area contributed by atoms with Crippen LogP contribution < -0.4 is 10.7 Å². The summed E-state index contributed by atoms with van der Waals surface area (Å²) in [6.07, 6.45) is 0. The molecule has 0 aliphatic carbocycles. The van der Waals surface area contributed by atoms with Crippen LogP contribution in [-0.4, -0.2) is 65.3 Å². The zero-order valence-corrected chi connectivity index (χ0v) is 11.7. The Morgan fingerprint density at radius 2 is 1.86 bits per heavy atom. The lowest BCUT2D eigenvalue weighted by Crippen LogP contribution is -2.53. The Morgan fingerprint density at radius 1 is 1.19 bits per heavy atom. The highest BCUT2D eigenvalue weighted by molar-refractivity contribution is 5.97. The maximum absolute atomic E-state index is 11.9. The molecule has 2 rings (SSSR count). The topological polar surface area (TPSA) is 105 Å². The van der Waals surface area contributed by atoms with E-state index in [1.54, 1.807) is 5.01 Å². The van der Waals surface area contributed by atoms with Gasteiger partial charge in [0.2, 0.25) is 0 Å². The van der Waals surface area contributed by atoms with E-state index in [0.717, 1.165) is 13.1 Å². The van der Waals surface area contributed by atoms with E-state index >= 15 is 0 Å². The molecule has 8 nitrogen and oxygen atoms in total. The number of para-hydroxylation sites is 1. The van der Waals surface area contributed by atoms with Gasteiger partial charge in [0, 0.05) is 26.2 Å². The lowest BCUT2D eigenvalue weighted by Gasteiger charge is -2.32. The number of phenols is 1. The van der Waals surface area contributed by atoms with Crippen LogP contribution in [-0.2, 0) is 0 Å². The van der Waals surface area contributed by atoms with E-state index in [4.69, 9.17) is 5.11 Å². The van der Waals surface area contributed by atoms with Gasteiger partial charge in [-0.05, 0) is 19.2 Å². The van der Waals surface area contributed by atoms with Gasteiger partial charge in [0.1, 0.15) is 5.56 Å². The van der Waals surface area contributed by atoms with Crippen molar-refractivity contribution in [3.8, 4) is 5.75 Å². The highest BCUT2D eigenvalue weighted by Gasteiger charge is 2.18. The molecule has 0 atom stereocenters. The van der Waals surface area contributed by atoms with Gasteiger partial charge in [0.05, 0.1) is 5.69 Å². The average molecular weight is 294 g/mol. The molecule has 4 N–H and O–H groups in total. The van der Waals surface area contributed by atoms with Crippen LogP contribution in [0.5, 0.6) is 5.75 Å². The van der Waals surface area contributed by atoms with Crippen LogP contribution in [0.1, 0.15) is 10.4 Å². The fraction of sp³-hybridized carbons (Fsp3) is 0.385. The van der Waals surface area contributed by atoms with Crippen molar-refractivity contribution in [2.75, 3.05) is 38.5 Å². The monoisotopic (exact) mass is 294 g/mol. The maximum Gasteiger partial charge on any atom is 0.339 e. The van der Waals surface area contributed by atoms with Gasteiger partial charge in [-0.25, -0.2) is 14.6 Å². The molecule has 0 unspecified atom stereocenters. The number of carboxylic acid groups (broad SMARTS) is 1. The van der Waals surface area contributed by atoms with Gasteiger partial charge in [-0.2, -0.15) is 0 Å². The number of carboxylic acids is 1. The lowest BCUT2D eigenvalue weighted by molar-refractivity contribution is 0.0693. The molecule has 0 bridgehead atoms. The third-order valence-electron chi connectivity index (χ3n) is 3.28. The second-order valence-electron chi connectivity index (χ2n) is 4.86. The minimum absolute atomic E-state index is 0.0570. The van der Waals surface area contributed by atoms with Gasteiger partial charge in [-0.3, -0.25) is 5.43 Å². The number of likely N-dealkylation sites (N-methyl/N-ethyl adjacent to an activating group) is 1. The molecule has 1 aliphatic heterocycles. The molecule has 0 spiro atoms. The normalized spacial score (nSPS) is 16.4. The Hall–Kier alpha value is -2.32. The number of hydrogen-bond acceptors (Lipinski definition) is 5. The number of benzene rings is 1. The zero-order chi connectivity index (χ0) is 15.4. The van der Waals surface area contributed by atoms with Gasteiger partial charge in [-0.15, -0.1) is 0 Å². The summed E-state index contributed by atoms with van der Waals surface area (Å²) in [5.41, 5.74) is 2.46. The number of rotatable bonds is 3. The predicted molar refractivity (Wildman–Crippen MR) is 76.3 cm³/mol. The van der Waals surface area contributed by atoms with Crippen molar-refractivity contribution in [2.45, 2.75) is 0 Å². The van der Waals surface area contributed by atoms with E-state index in [1.165, 1.54) is 18.2 Å². The molecule has 21 heavy (non-hydrogen) atoms. The van der Waals surface area contributed by atoms with E-state index in [-0.39, 0.29) is 11.3 Å². The second kappa shape index (κ2) is 6.42. The van der Waals surface area contributed by atoms with Crippen LogP contribution in [0.3, 0.4) is 0 Å². The summed E-state index contributed by atoms with van der Waals surface area (Å²) in [4.78, 5) is 24.9. The first-order chi connectivity index (χ1) is 9.97. The first-order valence-electron chi connectivity index (χ1n) is 6.54. The van der Waals surface area contributed by atoms with E-state index < -0.39 is 17.7 Å². The Morgan fingerprint density at radius 3 is 2.48 bits per heavy atom. The van der Waals surface area contributed by atoms with Crippen molar-refractivity contribution in [3.05, 3.63) is 23.8 Å². The van der Waals surface area contributed by atoms with Crippen molar-refractivity contribution in [3.63, 3.8) is 0 Å². The Labute approximate surface area is 121 Å². The largest absolute Gasteiger partial charge is 0.505 e. The van der Waals surface area contributed by atoms with Crippen LogP contribution >= 0.6 is 0 Å². The van der Waals surface area contributed by atoms with E-state index in [1.807, 2.05) is 7.05 Å². The van der Waals surface area contributed by atoms with Crippen molar-refractivity contribution >= 4 is 17.7 Å². The lowest BCUT2D eigenvalue weighted by atomic mass is 10.2. The molecule has 1 aliphatic rings. The molecular formula is C13H18N4O4. The number of urea groups is 1. The molecular weight excluding hydrogens is 276 g/mol. The molecule has 0 radical (unpaired) electrons. The van der Waals surface area contributed by atoms with Gasteiger partial charge >= 0.3 is 12.0 Å². The zero-order valence-electron chi connectivity index (χ0n) is 11.7. The smallest absolute Gasteiger partial charge is 0.339 e. The van der Waals surface area contributed by atoms with Gasteiger partial charge < -0.3 is 20.4 Å². The number of piperazine rings is 1. The fourth-order valence-electron chi connectivity index (χ4n) is 2.03. The van der Waals surface area contributed by atoms with Crippen LogP contribution in [0.25, 0.3) is 0 Å². The summed E-state index contributed by atoms with van der Waals surface area (Å²) in [7, 11) is 2.01. The Balaban J connectivity index is 1.97. The van der Waals surface area contributed by atoms with Crippen molar-refractivity contribution in [1.29, 1.82) is 0 Å². The summed E-state index contributed by atoms with van der Waals surface area (Å²) >= 11 is 0. The summed E-state index contributed by atoms with van der Waals surface area (Å²) in [5, 5.41) is 22.9. The van der Waals surface area contributed by atoms with Gasteiger partial charge in [0.15, 0.2) is 5.75 Å². The number of nitrogens with one attached hydrogen (secondary N) is 2. The van der Waals surface area contributed by atoms with Crippen molar-refractivity contribution < 1.29 is 19.8 Å². The first-order valence-corrected chi connectivity index (χ1v) is 6.54. The highest BCUT2D eigenvalue weighted by atomic mass is 16.4. The second-order valence-corrected chi connectivity index (χ2v) is 4.86. The number of amides is 2. The van der Waals surface area contributed by atoms with Crippen LogP contribution in [0.2, 0.25) is 0 Å². The SMILES string of the molecule is CN1CCN(NC(=O)Nc2cccc(C(=O)O)c2O)CC1. The third-order valence-corrected chi connectivity index (χ3v) is 3.28. The minimum atomic E-state index is -1.25. The summed E-state index contributed by atoms with van der Waals surface area (Å²) in [6, 6.07) is 3.64. The molecule has 1 heterocycles. The molecule has 2 amide bonds. The van der Waals surface area contributed by atoms with Gasteiger partial charge in [-0.1, -0.05) is 6.07 Å². The number of carbonyl (C=O) groups is 2. The predicted octanol–water partition coefficient (Wildman–Crippen LogP) is 0.374. The third kappa shape index (κ3) is 3.83. The average Bonchev–Trinajstić information content (AvgIpc) is 2.43. The summed E-state index contributed by atoms with van der Waals surface area (Å²) in [6.45, 7) is 3.09. The molecule has 1 saturated heterocycles. The number of nitrogens with zero attached hydrogens (tertiary/aromatic N) is 2. The fourth-order valence-corrected chi connectivity index (χ4v) is 2.03. The van der Waals surface area contributed by atoms with E-state index in [0.29, 0.717) is 13.1 Å². The number of carbonyl (C=O) groups excluding carboxylic acids is 1. The number of aromatic carboxylic acids is 1. The van der Waals surface area contributed by atoms with Crippen LogP contribution in [0, 0.1) is 0 Å². The molecule has 0 saturated carbocycles. The number of aromatic hydroxyl groups is 1. The number of hydrogen-bond donors (Lipinski definition) is 4. The maximum atomic E-state index is 11.9. The van der Waals surface area contributed by atoms with Crippen LogP contribution in [0.15, 0.2) is 18.2 Å². The first kappa shape index (κ1) is 15.1.